The first-order valence-electron chi connectivity index (χ1n) is 6.86. The summed E-state index contributed by atoms with van der Waals surface area (Å²) >= 11 is 9.30. The van der Waals surface area contributed by atoms with Crippen molar-refractivity contribution in [3.63, 3.8) is 0 Å². The molecule has 0 fully saturated rings. The third-order valence-electron chi connectivity index (χ3n) is 3.30. The zero-order valence-electron chi connectivity index (χ0n) is 11.9. The average Bonchev–Trinajstić information content (AvgIpc) is 2.52. The minimum absolute atomic E-state index is 0.160. The molecule has 1 heterocycles. The first-order chi connectivity index (χ1) is 11.0. The summed E-state index contributed by atoms with van der Waals surface area (Å²) in [7, 11) is 0. The predicted octanol–water partition coefficient (Wildman–Crippen LogP) is 4.19. The van der Waals surface area contributed by atoms with Gasteiger partial charge in [0.05, 0.1) is 12.1 Å². The highest BCUT2D eigenvalue weighted by molar-refractivity contribution is 9.10. The van der Waals surface area contributed by atoms with E-state index in [2.05, 4.69) is 21.2 Å². The molecule has 1 aliphatic heterocycles. The number of halogens is 3. The second-order valence-corrected chi connectivity index (χ2v) is 6.16. The van der Waals surface area contributed by atoms with Crippen molar-refractivity contribution in [2.45, 2.75) is 6.42 Å². The van der Waals surface area contributed by atoms with E-state index in [0.717, 1.165) is 0 Å². The number of ether oxygens (including phenoxy) is 2. The number of benzene rings is 2. The second kappa shape index (κ2) is 6.76. The van der Waals surface area contributed by atoms with Crippen LogP contribution in [0.15, 0.2) is 34.8 Å². The van der Waals surface area contributed by atoms with Crippen molar-refractivity contribution in [3.8, 4) is 11.5 Å². The standard InChI is InChI=1S/C16H12BrClFNO3/c17-10-7-14-15(23-5-4-22-14)8-13(10)20-16(21)6-9-11(18)2-1-3-12(9)19/h1-3,7-8H,4-6H2,(H,20,21). The Balaban J connectivity index is 1.78. The summed E-state index contributed by atoms with van der Waals surface area (Å²) in [5.41, 5.74) is 0.687. The summed E-state index contributed by atoms with van der Waals surface area (Å²) < 4.78 is 25.3. The lowest BCUT2D eigenvalue weighted by molar-refractivity contribution is -0.115. The third-order valence-corrected chi connectivity index (χ3v) is 4.32. The smallest absolute Gasteiger partial charge is 0.228 e. The fraction of sp³-hybridized carbons (Fsp3) is 0.188. The van der Waals surface area contributed by atoms with Gasteiger partial charge in [0.15, 0.2) is 11.5 Å². The van der Waals surface area contributed by atoms with Gasteiger partial charge in [-0.15, -0.1) is 0 Å². The third kappa shape index (κ3) is 3.59. The molecule has 3 rings (SSSR count). The monoisotopic (exact) mass is 399 g/mol. The Morgan fingerprint density at radius 1 is 1.26 bits per heavy atom. The summed E-state index contributed by atoms with van der Waals surface area (Å²) in [6.07, 6.45) is -0.160. The number of fused-ring (bicyclic) bond motifs is 1. The summed E-state index contributed by atoms with van der Waals surface area (Å²) in [5.74, 6) is 0.278. The van der Waals surface area contributed by atoms with Crippen molar-refractivity contribution < 1.29 is 18.7 Å². The summed E-state index contributed by atoms with van der Waals surface area (Å²) in [6.45, 7) is 0.934. The van der Waals surface area contributed by atoms with Crippen molar-refractivity contribution >= 4 is 39.1 Å². The van der Waals surface area contributed by atoms with Gasteiger partial charge < -0.3 is 14.8 Å². The van der Waals surface area contributed by atoms with Gasteiger partial charge in [-0.3, -0.25) is 4.79 Å². The van der Waals surface area contributed by atoms with Crippen LogP contribution in [0, 0.1) is 5.82 Å². The van der Waals surface area contributed by atoms with Gasteiger partial charge >= 0.3 is 0 Å². The second-order valence-electron chi connectivity index (χ2n) is 4.90. The molecule has 0 spiro atoms. The van der Waals surface area contributed by atoms with E-state index in [-0.39, 0.29) is 22.9 Å². The van der Waals surface area contributed by atoms with E-state index < -0.39 is 5.82 Å². The minimum Gasteiger partial charge on any atom is -0.486 e. The van der Waals surface area contributed by atoms with Crippen molar-refractivity contribution in [2.24, 2.45) is 0 Å². The van der Waals surface area contributed by atoms with E-state index in [4.69, 9.17) is 21.1 Å². The molecular weight excluding hydrogens is 389 g/mol. The van der Waals surface area contributed by atoms with Crippen molar-refractivity contribution in [3.05, 3.63) is 51.2 Å². The van der Waals surface area contributed by atoms with Crippen LogP contribution in [0.2, 0.25) is 5.02 Å². The Kier molecular flexibility index (Phi) is 4.73. The Hall–Kier alpha value is -1.79. The molecule has 1 N–H and O–H groups in total. The lowest BCUT2D eigenvalue weighted by Gasteiger charge is -2.20. The van der Waals surface area contributed by atoms with Crippen molar-refractivity contribution in [1.82, 2.24) is 0 Å². The van der Waals surface area contributed by atoms with E-state index in [1.165, 1.54) is 12.1 Å². The minimum atomic E-state index is -0.506. The van der Waals surface area contributed by atoms with Crippen LogP contribution in [0.4, 0.5) is 10.1 Å². The fourth-order valence-electron chi connectivity index (χ4n) is 2.22. The van der Waals surface area contributed by atoms with Crippen LogP contribution in [0.1, 0.15) is 5.56 Å². The van der Waals surface area contributed by atoms with Gasteiger partial charge in [0.2, 0.25) is 5.91 Å². The number of carbonyl (C=O) groups is 1. The number of amides is 1. The average molecular weight is 401 g/mol. The van der Waals surface area contributed by atoms with Crippen molar-refractivity contribution in [2.75, 3.05) is 18.5 Å². The molecular formula is C16H12BrClFNO3. The normalized spacial score (nSPS) is 12.8. The molecule has 0 atom stereocenters. The fourth-order valence-corrected chi connectivity index (χ4v) is 2.87. The molecule has 7 heteroatoms. The van der Waals surface area contributed by atoms with Crippen LogP contribution in [0.3, 0.4) is 0 Å². The maximum Gasteiger partial charge on any atom is 0.228 e. The maximum absolute atomic E-state index is 13.7. The SMILES string of the molecule is O=C(Cc1c(F)cccc1Cl)Nc1cc2c(cc1Br)OCCO2. The highest BCUT2D eigenvalue weighted by atomic mass is 79.9. The van der Waals surface area contributed by atoms with E-state index >= 15 is 0 Å². The lowest BCUT2D eigenvalue weighted by Crippen LogP contribution is -2.18. The van der Waals surface area contributed by atoms with E-state index in [1.54, 1.807) is 18.2 Å². The van der Waals surface area contributed by atoms with E-state index in [0.29, 0.717) is 34.9 Å². The highest BCUT2D eigenvalue weighted by Gasteiger charge is 2.17. The lowest BCUT2D eigenvalue weighted by atomic mass is 10.1. The predicted molar refractivity (Wildman–Crippen MR) is 88.9 cm³/mol. The molecule has 0 bridgehead atoms. The van der Waals surface area contributed by atoms with Gasteiger partial charge in [-0.25, -0.2) is 4.39 Å². The molecule has 0 radical (unpaired) electrons. The number of hydrogen-bond acceptors (Lipinski definition) is 3. The van der Waals surface area contributed by atoms with Crippen LogP contribution < -0.4 is 14.8 Å². The zero-order valence-corrected chi connectivity index (χ0v) is 14.2. The Morgan fingerprint density at radius 3 is 2.65 bits per heavy atom. The molecule has 0 aliphatic carbocycles. The summed E-state index contributed by atoms with van der Waals surface area (Å²) in [4.78, 5) is 12.2. The van der Waals surface area contributed by atoms with Gasteiger partial charge in [-0.2, -0.15) is 0 Å². The quantitative estimate of drug-likeness (QED) is 0.840. The number of rotatable bonds is 3. The molecule has 0 saturated carbocycles. The highest BCUT2D eigenvalue weighted by Crippen LogP contribution is 2.38. The zero-order chi connectivity index (χ0) is 16.4. The Morgan fingerprint density at radius 2 is 1.96 bits per heavy atom. The maximum atomic E-state index is 13.7. The molecule has 1 amide bonds. The van der Waals surface area contributed by atoms with Crippen molar-refractivity contribution in [1.29, 1.82) is 0 Å². The molecule has 0 unspecified atom stereocenters. The van der Waals surface area contributed by atoms with Crippen LogP contribution >= 0.6 is 27.5 Å². The molecule has 0 saturated heterocycles. The van der Waals surface area contributed by atoms with Gasteiger partial charge in [-0.05, 0) is 28.1 Å². The van der Waals surface area contributed by atoms with Crippen LogP contribution in [0.5, 0.6) is 11.5 Å². The van der Waals surface area contributed by atoms with Gasteiger partial charge in [0.1, 0.15) is 19.0 Å². The van der Waals surface area contributed by atoms with Crippen LogP contribution in [-0.2, 0) is 11.2 Å². The van der Waals surface area contributed by atoms with Gasteiger partial charge in [0, 0.05) is 27.2 Å². The number of nitrogens with one attached hydrogen (secondary N) is 1. The Bertz CT molecular complexity index is 749. The summed E-state index contributed by atoms with van der Waals surface area (Å²) in [6, 6.07) is 7.71. The largest absolute Gasteiger partial charge is 0.486 e. The topological polar surface area (TPSA) is 47.6 Å². The molecule has 2 aromatic carbocycles. The molecule has 23 heavy (non-hydrogen) atoms. The van der Waals surface area contributed by atoms with E-state index in [1.807, 2.05) is 0 Å². The molecule has 1 aliphatic rings. The molecule has 4 nitrogen and oxygen atoms in total. The number of carbonyl (C=O) groups excluding carboxylic acids is 1. The number of anilines is 1. The van der Waals surface area contributed by atoms with Crippen LogP contribution in [0.25, 0.3) is 0 Å². The van der Waals surface area contributed by atoms with Gasteiger partial charge in [-0.1, -0.05) is 17.7 Å². The molecule has 120 valence electrons. The van der Waals surface area contributed by atoms with Crippen LogP contribution in [-0.4, -0.2) is 19.1 Å². The first-order valence-corrected chi connectivity index (χ1v) is 8.03. The number of hydrogen-bond donors (Lipinski definition) is 1. The Labute approximate surface area is 145 Å². The molecule has 2 aromatic rings. The molecule has 0 aromatic heterocycles. The van der Waals surface area contributed by atoms with E-state index in [9.17, 15) is 9.18 Å². The summed E-state index contributed by atoms with van der Waals surface area (Å²) in [5, 5.41) is 2.94. The first kappa shape index (κ1) is 16.1. The van der Waals surface area contributed by atoms with Gasteiger partial charge in [0.25, 0.3) is 0 Å².